The van der Waals surface area contributed by atoms with E-state index in [1.165, 1.54) is 17.3 Å². The lowest BCUT2D eigenvalue weighted by Gasteiger charge is -2.12. The van der Waals surface area contributed by atoms with Crippen LogP contribution in [0.15, 0.2) is 50.8 Å². The number of carbonyl (C=O) groups excluding carboxylic acids is 1. The first kappa shape index (κ1) is 20.5. The fourth-order valence-electron chi connectivity index (χ4n) is 2.66. The minimum atomic E-state index is -0.169. The number of amidine groups is 1. The molecule has 2 aromatic rings. The molecule has 0 bridgehead atoms. The minimum absolute atomic E-state index is 0.169. The van der Waals surface area contributed by atoms with Gasteiger partial charge in [-0.25, -0.2) is 4.99 Å². The number of aliphatic imine (C=N–C) groups is 1. The molecule has 1 aliphatic heterocycles. The van der Waals surface area contributed by atoms with Gasteiger partial charge in [-0.1, -0.05) is 19.1 Å². The quantitative estimate of drug-likeness (QED) is 0.593. The van der Waals surface area contributed by atoms with E-state index in [1.807, 2.05) is 49.4 Å². The molecule has 0 saturated carbocycles. The number of aryl methyl sites for hydroxylation is 1. The summed E-state index contributed by atoms with van der Waals surface area (Å²) in [5.74, 6) is 1.09. The van der Waals surface area contributed by atoms with Crippen LogP contribution in [-0.4, -0.2) is 24.8 Å². The van der Waals surface area contributed by atoms with Crippen molar-refractivity contribution in [2.45, 2.75) is 20.3 Å². The maximum atomic E-state index is 12.3. The lowest BCUT2D eigenvalue weighted by Crippen LogP contribution is -2.19. The summed E-state index contributed by atoms with van der Waals surface area (Å²) in [5.41, 5.74) is 2.90. The van der Waals surface area contributed by atoms with Crippen molar-refractivity contribution in [2.75, 3.05) is 13.7 Å². The smallest absolute Gasteiger partial charge is 0.264 e. The summed E-state index contributed by atoms with van der Waals surface area (Å²) in [6, 6.07) is 11.7. The standard InChI is InChI=1S/C21H21BrN2O3S/c1-4-13-6-8-15(9-7-13)23-21-24-20(25)18(28-21)12-14-10-16(22)19(27-5-2)17(11-14)26-3/h6-12H,4-5H2,1-3H3,(H,23,24,25)/b18-12-. The van der Waals surface area contributed by atoms with Gasteiger partial charge in [-0.15, -0.1) is 0 Å². The summed E-state index contributed by atoms with van der Waals surface area (Å²) in [4.78, 5) is 17.4. The number of halogens is 1. The predicted octanol–water partition coefficient (Wildman–Crippen LogP) is 5.31. The number of nitrogens with one attached hydrogen (secondary N) is 1. The van der Waals surface area contributed by atoms with Gasteiger partial charge in [-0.05, 0) is 82.5 Å². The van der Waals surface area contributed by atoms with E-state index in [1.54, 1.807) is 7.11 Å². The molecule has 0 atom stereocenters. The Bertz CT molecular complexity index is 939. The van der Waals surface area contributed by atoms with Crippen molar-refractivity contribution in [3.63, 3.8) is 0 Å². The lowest BCUT2D eigenvalue weighted by molar-refractivity contribution is -0.115. The second-order valence-electron chi connectivity index (χ2n) is 5.97. The molecule has 1 saturated heterocycles. The van der Waals surface area contributed by atoms with Gasteiger partial charge in [0.05, 0.1) is 28.8 Å². The van der Waals surface area contributed by atoms with Gasteiger partial charge < -0.3 is 14.8 Å². The summed E-state index contributed by atoms with van der Waals surface area (Å²) < 4.78 is 11.8. The second kappa shape index (κ2) is 9.30. The van der Waals surface area contributed by atoms with Crippen LogP contribution in [-0.2, 0) is 11.2 Å². The van der Waals surface area contributed by atoms with Crippen LogP contribution in [0, 0.1) is 0 Å². The summed E-state index contributed by atoms with van der Waals surface area (Å²) in [6.45, 7) is 4.56. The summed E-state index contributed by atoms with van der Waals surface area (Å²) in [7, 11) is 1.59. The van der Waals surface area contributed by atoms with Gasteiger partial charge in [0.25, 0.3) is 5.91 Å². The van der Waals surface area contributed by atoms with Crippen LogP contribution in [0.1, 0.15) is 25.0 Å². The third-order valence-electron chi connectivity index (χ3n) is 4.06. The van der Waals surface area contributed by atoms with Gasteiger partial charge >= 0.3 is 0 Å². The molecule has 5 nitrogen and oxygen atoms in total. The van der Waals surface area contributed by atoms with Crippen molar-refractivity contribution < 1.29 is 14.3 Å². The molecule has 1 aliphatic rings. The third-order valence-corrected chi connectivity index (χ3v) is 5.56. The molecule has 1 heterocycles. The van der Waals surface area contributed by atoms with E-state index < -0.39 is 0 Å². The molecule has 28 heavy (non-hydrogen) atoms. The molecular formula is C21H21BrN2O3S. The fourth-order valence-corrected chi connectivity index (χ4v) is 4.08. The first-order chi connectivity index (χ1) is 13.5. The Hall–Kier alpha value is -2.25. The topological polar surface area (TPSA) is 59.9 Å². The SMILES string of the molecule is CCOc1c(Br)cc(/C=C2\SC(=Nc3ccc(CC)cc3)NC2=O)cc1OC. The van der Waals surface area contributed by atoms with Crippen LogP contribution in [0.3, 0.4) is 0 Å². The molecule has 0 aliphatic carbocycles. The second-order valence-corrected chi connectivity index (χ2v) is 7.85. The van der Waals surface area contributed by atoms with Crippen molar-refractivity contribution in [2.24, 2.45) is 4.99 Å². The Balaban J connectivity index is 1.84. The molecular weight excluding hydrogens is 440 g/mol. The van der Waals surface area contributed by atoms with Crippen molar-refractivity contribution in [1.82, 2.24) is 5.32 Å². The number of amides is 1. The zero-order valence-corrected chi connectivity index (χ0v) is 18.3. The van der Waals surface area contributed by atoms with Crippen molar-refractivity contribution in [3.05, 3.63) is 56.9 Å². The summed E-state index contributed by atoms with van der Waals surface area (Å²) >= 11 is 4.82. The largest absolute Gasteiger partial charge is 0.493 e. The number of ether oxygens (including phenoxy) is 2. The van der Waals surface area contributed by atoms with Crippen LogP contribution in [0.2, 0.25) is 0 Å². The van der Waals surface area contributed by atoms with E-state index in [4.69, 9.17) is 9.47 Å². The van der Waals surface area contributed by atoms with E-state index in [-0.39, 0.29) is 5.91 Å². The van der Waals surface area contributed by atoms with Gasteiger partial charge in [0.2, 0.25) is 0 Å². The predicted molar refractivity (Wildman–Crippen MR) is 118 cm³/mol. The van der Waals surface area contributed by atoms with Crippen LogP contribution in [0.25, 0.3) is 6.08 Å². The molecule has 1 N–H and O–H groups in total. The number of methoxy groups -OCH3 is 1. The van der Waals surface area contributed by atoms with Crippen LogP contribution < -0.4 is 14.8 Å². The number of hydrogen-bond acceptors (Lipinski definition) is 5. The van der Waals surface area contributed by atoms with Gasteiger partial charge in [-0.3, -0.25) is 4.79 Å². The molecule has 1 amide bonds. The summed E-state index contributed by atoms with van der Waals surface area (Å²) in [5, 5.41) is 3.38. The van der Waals surface area contributed by atoms with E-state index in [2.05, 4.69) is 33.2 Å². The van der Waals surface area contributed by atoms with Gasteiger partial charge in [-0.2, -0.15) is 0 Å². The molecule has 0 radical (unpaired) electrons. The molecule has 0 spiro atoms. The third kappa shape index (κ3) is 4.77. The molecule has 2 aromatic carbocycles. The van der Waals surface area contributed by atoms with Crippen LogP contribution in [0.5, 0.6) is 11.5 Å². The monoisotopic (exact) mass is 460 g/mol. The van der Waals surface area contributed by atoms with Gasteiger partial charge in [0, 0.05) is 0 Å². The Morgan fingerprint density at radius 3 is 2.61 bits per heavy atom. The Morgan fingerprint density at radius 2 is 1.96 bits per heavy atom. The lowest BCUT2D eigenvalue weighted by atomic mass is 10.2. The normalized spacial score (nSPS) is 16.5. The molecule has 146 valence electrons. The first-order valence-corrected chi connectivity index (χ1v) is 10.5. The van der Waals surface area contributed by atoms with Gasteiger partial charge in [0.1, 0.15) is 0 Å². The molecule has 3 rings (SSSR count). The Kier molecular flexibility index (Phi) is 6.80. The minimum Gasteiger partial charge on any atom is -0.493 e. The molecule has 1 fully saturated rings. The Morgan fingerprint density at radius 1 is 1.21 bits per heavy atom. The van der Waals surface area contributed by atoms with Crippen LogP contribution in [0.4, 0.5) is 5.69 Å². The molecule has 7 heteroatoms. The van der Waals surface area contributed by atoms with E-state index in [0.29, 0.717) is 28.2 Å². The Labute approximate surface area is 177 Å². The maximum Gasteiger partial charge on any atom is 0.264 e. The number of benzene rings is 2. The van der Waals surface area contributed by atoms with Crippen LogP contribution >= 0.6 is 27.7 Å². The van der Waals surface area contributed by atoms with E-state index in [9.17, 15) is 4.79 Å². The fraction of sp³-hybridized carbons (Fsp3) is 0.238. The highest BCUT2D eigenvalue weighted by Gasteiger charge is 2.24. The van der Waals surface area contributed by atoms with Crippen molar-refractivity contribution in [3.8, 4) is 11.5 Å². The number of hydrogen-bond donors (Lipinski definition) is 1. The zero-order chi connectivity index (χ0) is 20.1. The van der Waals surface area contributed by atoms with Gasteiger partial charge in [0.15, 0.2) is 16.7 Å². The number of thioether (sulfide) groups is 1. The van der Waals surface area contributed by atoms with Crippen molar-refractivity contribution >= 4 is 50.5 Å². The average Bonchev–Trinajstić information content (AvgIpc) is 3.03. The number of rotatable bonds is 6. The highest BCUT2D eigenvalue weighted by Crippen LogP contribution is 2.38. The van der Waals surface area contributed by atoms with Crippen molar-refractivity contribution in [1.29, 1.82) is 0 Å². The number of carbonyl (C=O) groups is 1. The summed E-state index contributed by atoms with van der Waals surface area (Å²) in [6.07, 6.45) is 2.79. The first-order valence-electron chi connectivity index (χ1n) is 8.92. The number of nitrogens with zero attached hydrogens (tertiary/aromatic N) is 1. The highest BCUT2D eigenvalue weighted by atomic mass is 79.9. The average molecular weight is 461 g/mol. The zero-order valence-electron chi connectivity index (χ0n) is 15.9. The molecule has 0 unspecified atom stereocenters. The van der Waals surface area contributed by atoms with E-state index >= 15 is 0 Å². The maximum absolute atomic E-state index is 12.3. The highest BCUT2D eigenvalue weighted by molar-refractivity contribution is 9.10. The van der Waals surface area contributed by atoms with E-state index in [0.717, 1.165) is 22.1 Å². The molecule has 0 aromatic heterocycles.